The SMILES string of the molecule is COc1cccc(-c2nc(C(=O)N[C@H]3CCCNC3)no2)c1.Cl. The van der Waals surface area contributed by atoms with Gasteiger partial charge in [-0.15, -0.1) is 12.4 Å². The maximum atomic E-state index is 12.1. The van der Waals surface area contributed by atoms with E-state index in [9.17, 15) is 4.79 Å². The van der Waals surface area contributed by atoms with Gasteiger partial charge in [0.1, 0.15) is 5.75 Å². The molecule has 1 aliphatic rings. The highest BCUT2D eigenvalue weighted by Crippen LogP contribution is 2.22. The Bertz CT molecular complexity index is 656. The van der Waals surface area contributed by atoms with E-state index >= 15 is 0 Å². The molecule has 1 aromatic carbocycles. The molecule has 0 radical (unpaired) electrons. The summed E-state index contributed by atoms with van der Waals surface area (Å²) in [5.74, 6) is 0.718. The fourth-order valence-electron chi connectivity index (χ4n) is 2.41. The molecule has 1 aromatic heterocycles. The molecule has 124 valence electrons. The van der Waals surface area contributed by atoms with Crippen LogP contribution in [0, 0.1) is 0 Å². The van der Waals surface area contributed by atoms with Crippen molar-refractivity contribution in [1.29, 1.82) is 0 Å². The van der Waals surface area contributed by atoms with E-state index in [1.807, 2.05) is 18.2 Å². The summed E-state index contributed by atoms with van der Waals surface area (Å²) in [6.45, 7) is 1.76. The van der Waals surface area contributed by atoms with Crippen LogP contribution in [-0.2, 0) is 0 Å². The monoisotopic (exact) mass is 338 g/mol. The summed E-state index contributed by atoms with van der Waals surface area (Å²) in [6, 6.07) is 7.36. The first-order valence-electron chi connectivity index (χ1n) is 7.26. The van der Waals surface area contributed by atoms with Crippen molar-refractivity contribution >= 4 is 18.3 Å². The number of nitrogens with one attached hydrogen (secondary N) is 2. The second-order valence-electron chi connectivity index (χ2n) is 5.17. The number of benzene rings is 1. The molecule has 1 atom stereocenters. The van der Waals surface area contributed by atoms with Crippen LogP contribution >= 0.6 is 12.4 Å². The van der Waals surface area contributed by atoms with Crippen LogP contribution in [0.3, 0.4) is 0 Å². The number of methoxy groups -OCH3 is 1. The number of amides is 1. The van der Waals surface area contributed by atoms with E-state index in [4.69, 9.17) is 9.26 Å². The molecule has 1 fully saturated rings. The highest BCUT2D eigenvalue weighted by molar-refractivity contribution is 5.90. The first kappa shape index (κ1) is 17.2. The van der Waals surface area contributed by atoms with Crippen molar-refractivity contribution in [1.82, 2.24) is 20.8 Å². The fourth-order valence-corrected chi connectivity index (χ4v) is 2.41. The maximum absolute atomic E-state index is 12.1. The molecule has 1 amide bonds. The second-order valence-corrected chi connectivity index (χ2v) is 5.17. The molecule has 0 aliphatic carbocycles. The number of carbonyl (C=O) groups excluding carboxylic acids is 1. The van der Waals surface area contributed by atoms with E-state index in [0.29, 0.717) is 17.2 Å². The van der Waals surface area contributed by atoms with E-state index in [0.717, 1.165) is 25.9 Å². The van der Waals surface area contributed by atoms with E-state index in [1.165, 1.54) is 0 Å². The Hall–Kier alpha value is -2.12. The van der Waals surface area contributed by atoms with E-state index in [2.05, 4.69) is 20.8 Å². The van der Waals surface area contributed by atoms with Gasteiger partial charge in [-0.3, -0.25) is 4.79 Å². The highest BCUT2D eigenvalue weighted by atomic mass is 35.5. The van der Waals surface area contributed by atoms with Crippen LogP contribution in [0.5, 0.6) is 5.75 Å². The van der Waals surface area contributed by atoms with Gasteiger partial charge < -0.3 is 19.9 Å². The first-order valence-corrected chi connectivity index (χ1v) is 7.26. The number of nitrogens with zero attached hydrogens (tertiary/aromatic N) is 2. The summed E-state index contributed by atoms with van der Waals surface area (Å²) in [4.78, 5) is 16.3. The van der Waals surface area contributed by atoms with Crippen molar-refractivity contribution in [3.05, 3.63) is 30.1 Å². The fraction of sp³-hybridized carbons (Fsp3) is 0.400. The van der Waals surface area contributed by atoms with Crippen molar-refractivity contribution in [2.75, 3.05) is 20.2 Å². The molecule has 3 rings (SSSR count). The van der Waals surface area contributed by atoms with Crippen LogP contribution in [0.2, 0.25) is 0 Å². The second kappa shape index (κ2) is 7.94. The smallest absolute Gasteiger partial charge is 0.292 e. The largest absolute Gasteiger partial charge is 0.497 e. The van der Waals surface area contributed by atoms with Crippen LogP contribution in [0.25, 0.3) is 11.5 Å². The van der Waals surface area contributed by atoms with Crippen LogP contribution in [-0.4, -0.2) is 42.3 Å². The number of aromatic nitrogens is 2. The molecule has 2 aromatic rings. The average Bonchev–Trinajstić information content (AvgIpc) is 3.06. The summed E-state index contributed by atoms with van der Waals surface area (Å²) >= 11 is 0. The maximum Gasteiger partial charge on any atom is 0.292 e. The number of ether oxygens (including phenoxy) is 1. The number of halogens is 1. The summed E-state index contributed by atoms with van der Waals surface area (Å²) < 4.78 is 10.3. The Morgan fingerprint density at radius 3 is 3.09 bits per heavy atom. The van der Waals surface area contributed by atoms with Gasteiger partial charge in [0.05, 0.1) is 7.11 Å². The Kier molecular flexibility index (Phi) is 5.95. The third-order valence-electron chi connectivity index (χ3n) is 3.58. The topological polar surface area (TPSA) is 89.3 Å². The minimum atomic E-state index is -0.313. The zero-order chi connectivity index (χ0) is 15.4. The van der Waals surface area contributed by atoms with E-state index in [-0.39, 0.29) is 30.2 Å². The lowest BCUT2D eigenvalue weighted by Gasteiger charge is -2.22. The predicted octanol–water partition coefficient (Wildman–Crippen LogP) is 1.65. The van der Waals surface area contributed by atoms with Gasteiger partial charge in [0, 0.05) is 18.2 Å². The molecule has 2 heterocycles. The van der Waals surface area contributed by atoms with Crippen molar-refractivity contribution < 1.29 is 14.1 Å². The number of rotatable bonds is 4. The molecule has 8 heteroatoms. The molecule has 1 saturated heterocycles. The molecular weight excluding hydrogens is 320 g/mol. The Labute approximate surface area is 140 Å². The van der Waals surface area contributed by atoms with Crippen molar-refractivity contribution in [3.63, 3.8) is 0 Å². The number of piperidine rings is 1. The van der Waals surface area contributed by atoms with Gasteiger partial charge in [0.2, 0.25) is 0 Å². The molecule has 0 spiro atoms. The molecule has 23 heavy (non-hydrogen) atoms. The van der Waals surface area contributed by atoms with Crippen molar-refractivity contribution in [3.8, 4) is 17.2 Å². The summed E-state index contributed by atoms with van der Waals surface area (Å²) in [6.07, 6.45) is 2.01. The zero-order valence-corrected chi connectivity index (χ0v) is 13.6. The molecular formula is C15H19ClN4O3. The Balaban J connectivity index is 0.00000192. The van der Waals surface area contributed by atoms with Crippen LogP contribution in [0.4, 0.5) is 0 Å². The summed E-state index contributed by atoms with van der Waals surface area (Å²) in [7, 11) is 1.59. The van der Waals surface area contributed by atoms with Gasteiger partial charge in [-0.1, -0.05) is 11.2 Å². The summed E-state index contributed by atoms with van der Waals surface area (Å²) in [5, 5.41) is 9.91. The third kappa shape index (κ3) is 4.20. The van der Waals surface area contributed by atoms with Crippen LogP contribution in [0.1, 0.15) is 23.5 Å². The van der Waals surface area contributed by atoms with Crippen molar-refractivity contribution in [2.45, 2.75) is 18.9 Å². The molecule has 2 N–H and O–H groups in total. The van der Waals surface area contributed by atoms with Gasteiger partial charge in [-0.2, -0.15) is 4.98 Å². The van der Waals surface area contributed by atoms with Gasteiger partial charge in [-0.25, -0.2) is 0 Å². The zero-order valence-electron chi connectivity index (χ0n) is 12.7. The quantitative estimate of drug-likeness (QED) is 0.881. The molecule has 1 aliphatic heterocycles. The Morgan fingerprint density at radius 2 is 2.35 bits per heavy atom. The van der Waals surface area contributed by atoms with Crippen LogP contribution < -0.4 is 15.4 Å². The minimum absolute atomic E-state index is 0. The van der Waals surface area contributed by atoms with E-state index < -0.39 is 0 Å². The molecule has 0 unspecified atom stereocenters. The van der Waals surface area contributed by atoms with Gasteiger partial charge >= 0.3 is 0 Å². The van der Waals surface area contributed by atoms with Crippen LogP contribution in [0.15, 0.2) is 28.8 Å². The van der Waals surface area contributed by atoms with Gasteiger partial charge in [0.15, 0.2) is 0 Å². The Morgan fingerprint density at radius 1 is 1.48 bits per heavy atom. The first-order chi connectivity index (χ1) is 10.8. The van der Waals surface area contributed by atoms with E-state index in [1.54, 1.807) is 13.2 Å². The number of carbonyl (C=O) groups is 1. The lowest BCUT2D eigenvalue weighted by Crippen LogP contribution is -2.45. The third-order valence-corrected chi connectivity index (χ3v) is 3.58. The molecule has 7 nitrogen and oxygen atoms in total. The lowest BCUT2D eigenvalue weighted by atomic mass is 10.1. The number of hydrogen-bond donors (Lipinski definition) is 2. The molecule has 0 bridgehead atoms. The molecule has 0 saturated carbocycles. The average molecular weight is 339 g/mol. The highest BCUT2D eigenvalue weighted by Gasteiger charge is 2.20. The lowest BCUT2D eigenvalue weighted by molar-refractivity contribution is 0.0917. The van der Waals surface area contributed by atoms with Gasteiger partial charge in [-0.05, 0) is 37.6 Å². The number of hydrogen-bond acceptors (Lipinski definition) is 6. The predicted molar refractivity (Wildman–Crippen MR) is 86.9 cm³/mol. The normalized spacial score (nSPS) is 17.2. The van der Waals surface area contributed by atoms with Gasteiger partial charge in [0.25, 0.3) is 17.6 Å². The summed E-state index contributed by atoms with van der Waals surface area (Å²) in [5.41, 5.74) is 0.713. The van der Waals surface area contributed by atoms with Crippen molar-refractivity contribution in [2.24, 2.45) is 0 Å². The minimum Gasteiger partial charge on any atom is -0.497 e. The standard InChI is InChI=1S/C15H18N4O3.ClH/c1-21-12-6-2-4-10(8-12)15-18-13(19-22-15)14(20)17-11-5-3-7-16-9-11;/h2,4,6,8,11,16H,3,5,7,9H2,1H3,(H,17,20);1H/t11-;/m0./s1.